The van der Waals surface area contributed by atoms with Crippen molar-refractivity contribution < 1.29 is 14.3 Å². The van der Waals surface area contributed by atoms with Gasteiger partial charge in [0.15, 0.2) is 0 Å². The van der Waals surface area contributed by atoms with Gasteiger partial charge in [-0.25, -0.2) is 4.79 Å². The second-order valence-electron chi connectivity index (χ2n) is 3.71. The smallest absolute Gasteiger partial charge is 0.339 e. The van der Waals surface area contributed by atoms with E-state index in [1.807, 2.05) is 24.3 Å². The van der Waals surface area contributed by atoms with Gasteiger partial charge in [0.2, 0.25) is 0 Å². The van der Waals surface area contributed by atoms with Gasteiger partial charge in [0.1, 0.15) is 17.1 Å². The van der Waals surface area contributed by atoms with Crippen LogP contribution in [0.15, 0.2) is 39.6 Å². The number of halogens is 1. The van der Waals surface area contributed by atoms with E-state index in [4.69, 9.17) is 21.1 Å². The summed E-state index contributed by atoms with van der Waals surface area (Å²) in [5.74, 6) is 0.648. The van der Waals surface area contributed by atoms with Crippen LogP contribution in [0.2, 0.25) is 5.02 Å². The van der Waals surface area contributed by atoms with Gasteiger partial charge >= 0.3 is 5.97 Å². The maximum Gasteiger partial charge on any atom is 0.339 e. The highest BCUT2D eigenvalue weighted by atomic mass is 35.5. The van der Waals surface area contributed by atoms with Crippen molar-refractivity contribution in [3.63, 3.8) is 0 Å². The number of rotatable bonds is 4. The molecule has 3 nitrogen and oxygen atoms in total. The zero-order valence-electron chi connectivity index (χ0n) is 9.64. The molecule has 94 valence electrons. The first-order valence-corrected chi connectivity index (χ1v) is 6.64. The lowest BCUT2D eigenvalue weighted by Crippen LogP contribution is -1.94. The van der Waals surface area contributed by atoms with E-state index < -0.39 is 5.97 Å². The van der Waals surface area contributed by atoms with Crippen LogP contribution < -0.4 is 0 Å². The quantitative estimate of drug-likeness (QED) is 0.853. The Bertz CT molecular complexity index is 577. The minimum absolute atomic E-state index is 0.213. The van der Waals surface area contributed by atoms with Gasteiger partial charge in [0.25, 0.3) is 0 Å². The van der Waals surface area contributed by atoms with Gasteiger partial charge in [-0.1, -0.05) is 23.7 Å². The van der Waals surface area contributed by atoms with Gasteiger partial charge < -0.3 is 9.52 Å². The number of hydrogen-bond donors (Lipinski definition) is 1. The lowest BCUT2D eigenvalue weighted by atomic mass is 10.2. The Balaban J connectivity index is 2.09. The summed E-state index contributed by atoms with van der Waals surface area (Å²) in [6.45, 7) is 1.65. The molecule has 0 saturated heterocycles. The van der Waals surface area contributed by atoms with E-state index in [1.165, 1.54) is 11.8 Å². The minimum atomic E-state index is -0.967. The lowest BCUT2D eigenvalue weighted by Gasteiger charge is -2.01. The Hall–Kier alpha value is -1.39. The molecule has 0 atom stereocenters. The fraction of sp³-hybridized carbons (Fsp3) is 0.154. The topological polar surface area (TPSA) is 50.4 Å². The van der Waals surface area contributed by atoms with E-state index >= 15 is 0 Å². The molecule has 0 unspecified atom stereocenters. The number of carboxylic acids is 1. The van der Waals surface area contributed by atoms with E-state index in [0.717, 1.165) is 4.90 Å². The molecule has 1 N–H and O–H groups in total. The highest BCUT2D eigenvalue weighted by Crippen LogP contribution is 2.30. The van der Waals surface area contributed by atoms with E-state index in [-0.39, 0.29) is 5.56 Å². The van der Waals surface area contributed by atoms with Crippen molar-refractivity contribution in [3.8, 4) is 0 Å². The molecule has 18 heavy (non-hydrogen) atoms. The number of benzene rings is 1. The Kier molecular flexibility index (Phi) is 3.99. The Labute approximate surface area is 114 Å². The van der Waals surface area contributed by atoms with Crippen molar-refractivity contribution >= 4 is 29.3 Å². The molecular weight excluding hydrogens is 272 g/mol. The van der Waals surface area contributed by atoms with Crippen LogP contribution in [0.5, 0.6) is 0 Å². The van der Waals surface area contributed by atoms with E-state index in [0.29, 0.717) is 22.3 Å². The maximum atomic E-state index is 10.9. The summed E-state index contributed by atoms with van der Waals surface area (Å²) in [4.78, 5) is 11.8. The maximum absolute atomic E-state index is 10.9. The molecule has 0 amide bonds. The van der Waals surface area contributed by atoms with Crippen molar-refractivity contribution in [2.45, 2.75) is 17.6 Å². The van der Waals surface area contributed by atoms with Crippen LogP contribution in [0, 0.1) is 6.92 Å². The molecular formula is C13H11ClO3S. The summed E-state index contributed by atoms with van der Waals surface area (Å²) in [5, 5.41) is 9.60. The highest BCUT2D eigenvalue weighted by molar-refractivity contribution is 7.98. The summed E-state index contributed by atoms with van der Waals surface area (Å²) in [6, 6.07) is 9.07. The lowest BCUT2D eigenvalue weighted by molar-refractivity contribution is 0.0695. The summed E-state index contributed by atoms with van der Waals surface area (Å²) in [6.07, 6.45) is 0. The zero-order chi connectivity index (χ0) is 13.1. The van der Waals surface area contributed by atoms with Gasteiger partial charge in [-0.3, -0.25) is 0 Å². The summed E-state index contributed by atoms with van der Waals surface area (Å²) in [7, 11) is 0. The van der Waals surface area contributed by atoms with Crippen LogP contribution in [0.1, 0.15) is 21.9 Å². The molecule has 1 heterocycles. The molecule has 0 aliphatic carbocycles. The molecule has 0 bridgehead atoms. The number of aromatic carboxylic acids is 1. The normalized spacial score (nSPS) is 10.6. The monoisotopic (exact) mass is 282 g/mol. The third-order valence-electron chi connectivity index (χ3n) is 2.41. The fourth-order valence-electron chi connectivity index (χ4n) is 1.54. The molecule has 2 rings (SSSR count). The number of thioether (sulfide) groups is 1. The fourth-order valence-corrected chi connectivity index (χ4v) is 2.66. The Morgan fingerprint density at radius 3 is 2.78 bits per heavy atom. The number of hydrogen-bond acceptors (Lipinski definition) is 3. The average molecular weight is 283 g/mol. The summed E-state index contributed by atoms with van der Waals surface area (Å²) >= 11 is 7.55. The highest BCUT2D eigenvalue weighted by Gasteiger charge is 2.13. The van der Waals surface area contributed by atoms with Crippen molar-refractivity contribution in [2.24, 2.45) is 0 Å². The van der Waals surface area contributed by atoms with E-state index in [1.54, 1.807) is 13.0 Å². The zero-order valence-corrected chi connectivity index (χ0v) is 11.2. The van der Waals surface area contributed by atoms with Crippen LogP contribution in [0.4, 0.5) is 0 Å². The molecule has 0 radical (unpaired) electrons. The van der Waals surface area contributed by atoms with Crippen LogP contribution in [0.3, 0.4) is 0 Å². The molecule has 1 aromatic carbocycles. The van der Waals surface area contributed by atoms with Gasteiger partial charge in [-0.05, 0) is 25.1 Å². The van der Waals surface area contributed by atoms with Gasteiger partial charge in [-0.2, -0.15) is 0 Å². The van der Waals surface area contributed by atoms with Crippen molar-refractivity contribution in [1.29, 1.82) is 0 Å². The molecule has 5 heteroatoms. The van der Waals surface area contributed by atoms with Gasteiger partial charge in [0, 0.05) is 4.90 Å². The number of carbonyl (C=O) groups is 1. The van der Waals surface area contributed by atoms with Crippen molar-refractivity contribution in [1.82, 2.24) is 0 Å². The first-order valence-electron chi connectivity index (χ1n) is 5.28. The van der Waals surface area contributed by atoms with Crippen molar-refractivity contribution in [2.75, 3.05) is 0 Å². The first kappa shape index (κ1) is 13.1. The third kappa shape index (κ3) is 2.89. The molecule has 0 spiro atoms. The molecule has 0 saturated carbocycles. The molecule has 0 aliphatic rings. The molecule has 0 aliphatic heterocycles. The summed E-state index contributed by atoms with van der Waals surface area (Å²) in [5.41, 5.74) is 0.213. The van der Waals surface area contributed by atoms with Crippen LogP contribution in [-0.4, -0.2) is 11.1 Å². The van der Waals surface area contributed by atoms with E-state index in [9.17, 15) is 4.79 Å². The average Bonchev–Trinajstić information content (AvgIpc) is 2.70. The Morgan fingerprint density at radius 1 is 1.44 bits per heavy atom. The summed E-state index contributed by atoms with van der Waals surface area (Å²) < 4.78 is 5.39. The number of furan rings is 1. The first-order chi connectivity index (χ1) is 8.58. The largest absolute Gasteiger partial charge is 0.478 e. The predicted molar refractivity (Wildman–Crippen MR) is 71.4 cm³/mol. The minimum Gasteiger partial charge on any atom is -0.478 e. The van der Waals surface area contributed by atoms with Crippen LogP contribution in [0.25, 0.3) is 0 Å². The van der Waals surface area contributed by atoms with E-state index in [2.05, 4.69) is 0 Å². The SMILES string of the molecule is Cc1oc(CSc2ccccc2Cl)cc1C(=O)O. The van der Waals surface area contributed by atoms with Gasteiger partial charge in [-0.15, -0.1) is 11.8 Å². The van der Waals surface area contributed by atoms with Gasteiger partial charge in [0.05, 0.1) is 10.8 Å². The Morgan fingerprint density at radius 2 is 2.17 bits per heavy atom. The van der Waals surface area contributed by atoms with Crippen LogP contribution >= 0.6 is 23.4 Å². The second kappa shape index (κ2) is 5.50. The third-order valence-corrected chi connectivity index (χ3v) is 3.94. The number of carboxylic acid groups (broad SMARTS) is 1. The number of aryl methyl sites for hydroxylation is 1. The standard InChI is InChI=1S/C13H11ClO3S/c1-8-10(13(15)16)6-9(17-8)7-18-12-5-3-2-4-11(12)14/h2-6H,7H2,1H3,(H,15,16). The van der Waals surface area contributed by atoms with Crippen molar-refractivity contribution in [3.05, 3.63) is 52.4 Å². The molecule has 0 fully saturated rings. The molecule has 2 aromatic rings. The predicted octanol–water partition coefficient (Wildman–Crippen LogP) is 4.23. The van der Waals surface area contributed by atoms with Crippen LogP contribution in [-0.2, 0) is 5.75 Å². The molecule has 1 aromatic heterocycles. The second-order valence-corrected chi connectivity index (χ2v) is 5.13.